The number of rotatable bonds is 8. The quantitative estimate of drug-likeness (QED) is 0.736. The zero-order valence-corrected chi connectivity index (χ0v) is 16.5. The molecule has 1 N–H and O–H groups in total. The van der Waals surface area contributed by atoms with Crippen LogP contribution in [-0.4, -0.2) is 41.9 Å². The number of amides is 1. The summed E-state index contributed by atoms with van der Waals surface area (Å²) >= 11 is 0. The molecular formula is C22H24N2O5. The lowest BCUT2D eigenvalue weighted by Gasteiger charge is -2.24. The Morgan fingerprint density at radius 2 is 1.83 bits per heavy atom. The van der Waals surface area contributed by atoms with Gasteiger partial charge in [-0.3, -0.25) is 9.59 Å². The second kappa shape index (κ2) is 9.23. The van der Waals surface area contributed by atoms with E-state index in [1.807, 2.05) is 42.5 Å². The first-order valence-electron chi connectivity index (χ1n) is 9.42. The molecule has 29 heavy (non-hydrogen) atoms. The Hall–Kier alpha value is -3.35. The zero-order chi connectivity index (χ0) is 20.8. The van der Waals surface area contributed by atoms with Gasteiger partial charge < -0.3 is 14.6 Å². The SMILES string of the molecule is COc1cccc([C@@H]2CC(c3ccccc3)=NN2C(=O)CCCC(=O)O)c1OC. The molecule has 152 valence electrons. The first-order chi connectivity index (χ1) is 14.0. The molecule has 0 saturated carbocycles. The standard InChI is InChI=1S/C22H24N2O5/c1-28-19-11-6-10-16(22(19)29-2)18-14-17(15-8-4-3-5-9-15)23-24(18)20(25)12-7-13-21(26)27/h3-6,8-11,18H,7,12-14H2,1-2H3,(H,26,27)/t18-/m0/s1. The lowest BCUT2D eigenvalue weighted by molar-refractivity contribution is -0.137. The van der Waals surface area contributed by atoms with E-state index < -0.39 is 5.97 Å². The highest BCUT2D eigenvalue weighted by atomic mass is 16.5. The van der Waals surface area contributed by atoms with Crippen LogP contribution in [0.2, 0.25) is 0 Å². The Balaban J connectivity index is 1.94. The fourth-order valence-electron chi connectivity index (χ4n) is 3.47. The van der Waals surface area contributed by atoms with E-state index in [0.717, 1.165) is 16.8 Å². The van der Waals surface area contributed by atoms with Crippen molar-refractivity contribution in [2.24, 2.45) is 5.10 Å². The predicted molar refractivity (Wildman–Crippen MR) is 108 cm³/mol. The van der Waals surface area contributed by atoms with Crippen LogP contribution in [0.5, 0.6) is 11.5 Å². The van der Waals surface area contributed by atoms with Gasteiger partial charge in [-0.15, -0.1) is 0 Å². The number of methoxy groups -OCH3 is 2. The highest BCUT2D eigenvalue weighted by molar-refractivity contribution is 6.03. The van der Waals surface area contributed by atoms with Gasteiger partial charge in [0.1, 0.15) is 0 Å². The summed E-state index contributed by atoms with van der Waals surface area (Å²) in [6.07, 6.45) is 0.851. The largest absolute Gasteiger partial charge is 0.493 e. The molecule has 0 saturated heterocycles. The number of hydrogen-bond donors (Lipinski definition) is 1. The van der Waals surface area contributed by atoms with E-state index in [4.69, 9.17) is 14.6 Å². The highest BCUT2D eigenvalue weighted by Crippen LogP contribution is 2.41. The number of para-hydroxylation sites is 1. The monoisotopic (exact) mass is 396 g/mol. The maximum Gasteiger partial charge on any atom is 0.303 e. The van der Waals surface area contributed by atoms with E-state index in [-0.39, 0.29) is 31.2 Å². The van der Waals surface area contributed by atoms with Crippen molar-refractivity contribution in [3.05, 3.63) is 59.7 Å². The predicted octanol–water partition coefficient (Wildman–Crippen LogP) is 3.64. The third-order valence-electron chi connectivity index (χ3n) is 4.85. The van der Waals surface area contributed by atoms with Gasteiger partial charge >= 0.3 is 5.97 Å². The number of benzene rings is 2. The van der Waals surface area contributed by atoms with Crippen molar-refractivity contribution >= 4 is 17.6 Å². The van der Waals surface area contributed by atoms with Gasteiger partial charge in [-0.25, -0.2) is 5.01 Å². The molecule has 0 unspecified atom stereocenters. The average molecular weight is 396 g/mol. The minimum Gasteiger partial charge on any atom is -0.493 e. The van der Waals surface area contributed by atoms with Gasteiger partial charge in [0.25, 0.3) is 0 Å². The third kappa shape index (κ3) is 4.56. The normalized spacial score (nSPS) is 15.7. The lowest BCUT2D eigenvalue weighted by Crippen LogP contribution is -2.27. The molecule has 0 aromatic heterocycles. The first-order valence-corrected chi connectivity index (χ1v) is 9.42. The molecule has 1 heterocycles. The van der Waals surface area contributed by atoms with Crippen molar-refractivity contribution in [1.29, 1.82) is 0 Å². The summed E-state index contributed by atoms with van der Waals surface area (Å²) < 4.78 is 11.0. The van der Waals surface area contributed by atoms with E-state index in [0.29, 0.717) is 17.9 Å². The molecule has 7 heteroatoms. The van der Waals surface area contributed by atoms with Crippen LogP contribution in [0.25, 0.3) is 0 Å². The van der Waals surface area contributed by atoms with Crippen LogP contribution in [-0.2, 0) is 9.59 Å². The molecule has 0 spiro atoms. The van der Waals surface area contributed by atoms with E-state index in [1.54, 1.807) is 20.3 Å². The van der Waals surface area contributed by atoms with Crippen molar-refractivity contribution in [3.8, 4) is 11.5 Å². The van der Waals surface area contributed by atoms with Crippen LogP contribution >= 0.6 is 0 Å². The van der Waals surface area contributed by atoms with Gasteiger partial charge in [0, 0.05) is 24.8 Å². The molecule has 0 fully saturated rings. The van der Waals surface area contributed by atoms with Crippen molar-refractivity contribution in [3.63, 3.8) is 0 Å². The van der Waals surface area contributed by atoms with Crippen LogP contribution in [0.4, 0.5) is 0 Å². The minimum absolute atomic E-state index is 0.0536. The summed E-state index contributed by atoms with van der Waals surface area (Å²) in [4.78, 5) is 23.7. The molecule has 0 radical (unpaired) electrons. The van der Waals surface area contributed by atoms with Gasteiger partial charge in [-0.2, -0.15) is 5.10 Å². The molecule has 2 aromatic carbocycles. The van der Waals surface area contributed by atoms with Crippen LogP contribution < -0.4 is 9.47 Å². The van der Waals surface area contributed by atoms with Crippen LogP contribution in [0, 0.1) is 0 Å². The summed E-state index contributed by atoms with van der Waals surface area (Å²) in [5, 5.41) is 14.9. The summed E-state index contributed by atoms with van der Waals surface area (Å²) in [5.74, 6) is 0.00931. The first kappa shape index (κ1) is 20.4. The van der Waals surface area contributed by atoms with Crippen LogP contribution in [0.15, 0.2) is 53.6 Å². The molecular weight excluding hydrogens is 372 g/mol. The van der Waals surface area contributed by atoms with Gasteiger partial charge in [-0.05, 0) is 18.1 Å². The molecule has 1 aliphatic heterocycles. The second-order valence-electron chi connectivity index (χ2n) is 6.70. The lowest BCUT2D eigenvalue weighted by atomic mass is 9.97. The highest BCUT2D eigenvalue weighted by Gasteiger charge is 2.35. The van der Waals surface area contributed by atoms with Crippen LogP contribution in [0.1, 0.15) is 42.9 Å². The number of aliphatic carboxylic acids is 1. The number of carboxylic acid groups (broad SMARTS) is 1. The number of nitrogens with zero attached hydrogens (tertiary/aromatic N) is 2. The Labute approximate surface area is 169 Å². The number of carboxylic acids is 1. The number of ether oxygens (including phenoxy) is 2. The summed E-state index contributed by atoms with van der Waals surface area (Å²) in [5.41, 5.74) is 2.54. The maximum absolute atomic E-state index is 12.9. The van der Waals surface area contributed by atoms with Gasteiger partial charge in [0.05, 0.1) is 26.0 Å². The summed E-state index contributed by atoms with van der Waals surface area (Å²) in [7, 11) is 3.13. The van der Waals surface area contributed by atoms with E-state index >= 15 is 0 Å². The van der Waals surface area contributed by atoms with E-state index in [9.17, 15) is 9.59 Å². The molecule has 0 aliphatic carbocycles. The maximum atomic E-state index is 12.9. The van der Waals surface area contributed by atoms with Crippen LogP contribution in [0.3, 0.4) is 0 Å². The van der Waals surface area contributed by atoms with Crippen molar-refractivity contribution in [2.75, 3.05) is 14.2 Å². The van der Waals surface area contributed by atoms with Crippen molar-refractivity contribution in [2.45, 2.75) is 31.7 Å². The van der Waals surface area contributed by atoms with Gasteiger partial charge in [-0.1, -0.05) is 42.5 Å². The molecule has 0 bridgehead atoms. The number of hydrogen-bond acceptors (Lipinski definition) is 5. The van der Waals surface area contributed by atoms with Gasteiger partial charge in [0.15, 0.2) is 11.5 Å². The smallest absolute Gasteiger partial charge is 0.303 e. The number of hydrazone groups is 1. The van der Waals surface area contributed by atoms with Crippen molar-refractivity contribution < 1.29 is 24.2 Å². The molecule has 1 aliphatic rings. The van der Waals surface area contributed by atoms with E-state index in [2.05, 4.69) is 5.10 Å². The fraction of sp³-hybridized carbons (Fsp3) is 0.318. The average Bonchev–Trinajstić information content (AvgIpc) is 3.18. The zero-order valence-electron chi connectivity index (χ0n) is 16.5. The van der Waals surface area contributed by atoms with Crippen molar-refractivity contribution in [1.82, 2.24) is 5.01 Å². The van der Waals surface area contributed by atoms with Gasteiger partial charge in [0.2, 0.25) is 5.91 Å². The molecule has 1 amide bonds. The summed E-state index contributed by atoms with van der Waals surface area (Å²) in [6, 6.07) is 14.9. The Bertz CT molecular complexity index is 911. The molecule has 2 aromatic rings. The Morgan fingerprint density at radius 3 is 2.48 bits per heavy atom. The topological polar surface area (TPSA) is 88.4 Å². The third-order valence-corrected chi connectivity index (χ3v) is 4.85. The molecule has 3 rings (SSSR count). The molecule has 1 atom stereocenters. The van der Waals surface area contributed by atoms with E-state index in [1.165, 1.54) is 5.01 Å². The Kier molecular flexibility index (Phi) is 6.49. The fourth-order valence-corrected chi connectivity index (χ4v) is 3.47. The number of carbonyl (C=O) groups excluding carboxylic acids is 1. The second-order valence-corrected chi connectivity index (χ2v) is 6.70. The Morgan fingerprint density at radius 1 is 1.07 bits per heavy atom. The number of carbonyl (C=O) groups is 2. The minimum atomic E-state index is -0.918. The summed E-state index contributed by atoms with van der Waals surface area (Å²) in [6.45, 7) is 0. The molecule has 7 nitrogen and oxygen atoms in total.